The molecule has 1 aromatic heterocycles. The molecule has 0 saturated carbocycles. The molecule has 0 radical (unpaired) electrons. The summed E-state index contributed by atoms with van der Waals surface area (Å²) < 4.78 is 10.6. The minimum Gasteiger partial charge on any atom is -0.495 e. The normalized spacial score (nSPS) is 11.0. The van der Waals surface area contributed by atoms with Crippen LogP contribution in [0.3, 0.4) is 0 Å². The summed E-state index contributed by atoms with van der Waals surface area (Å²) in [6, 6.07) is 9.97. The van der Waals surface area contributed by atoms with Crippen LogP contribution in [0.1, 0.15) is 5.76 Å². The predicted molar refractivity (Wildman–Crippen MR) is 76.9 cm³/mol. The van der Waals surface area contributed by atoms with Gasteiger partial charge >= 0.3 is 5.97 Å². The summed E-state index contributed by atoms with van der Waals surface area (Å²) >= 11 is 6.04. The zero-order valence-electron chi connectivity index (χ0n) is 11.0. The molecular weight excluding hydrogens is 294 g/mol. The Labute approximate surface area is 125 Å². The van der Waals surface area contributed by atoms with Crippen molar-refractivity contribution < 1.29 is 19.1 Å². The molecule has 0 saturated heterocycles. The molecule has 1 heterocycles. The number of furan rings is 1. The highest BCUT2D eigenvalue weighted by molar-refractivity contribution is 6.32. The third kappa shape index (κ3) is 3.25. The van der Waals surface area contributed by atoms with Crippen LogP contribution in [0, 0.1) is 11.3 Å². The Hall–Kier alpha value is -2.71. The maximum atomic E-state index is 10.8. The largest absolute Gasteiger partial charge is 0.495 e. The molecule has 0 aliphatic rings. The first-order valence-electron chi connectivity index (χ1n) is 5.84. The molecule has 0 aliphatic heterocycles. The number of hydrogen-bond acceptors (Lipinski definition) is 4. The third-order valence-corrected chi connectivity index (χ3v) is 3.00. The maximum Gasteiger partial charge on any atom is 0.346 e. The van der Waals surface area contributed by atoms with Crippen LogP contribution in [-0.4, -0.2) is 18.2 Å². The quantitative estimate of drug-likeness (QED) is 0.689. The SMILES string of the molecule is COc1ccc(-c2ccc(/C=C(\C#N)C(=O)O)o2)cc1Cl. The summed E-state index contributed by atoms with van der Waals surface area (Å²) in [4.78, 5) is 10.8. The summed E-state index contributed by atoms with van der Waals surface area (Å²) in [7, 11) is 1.52. The lowest BCUT2D eigenvalue weighted by molar-refractivity contribution is -0.132. The molecule has 2 rings (SSSR count). The van der Waals surface area contributed by atoms with Gasteiger partial charge in [-0.15, -0.1) is 0 Å². The van der Waals surface area contributed by atoms with E-state index in [4.69, 9.17) is 31.1 Å². The number of nitrogens with zero attached hydrogens (tertiary/aromatic N) is 1. The first-order chi connectivity index (χ1) is 10.0. The predicted octanol–water partition coefficient (Wildman–Crippen LogP) is 3.60. The number of methoxy groups -OCH3 is 1. The molecule has 0 fully saturated rings. The molecule has 106 valence electrons. The lowest BCUT2D eigenvalue weighted by Gasteiger charge is -2.04. The minimum atomic E-state index is -1.30. The van der Waals surface area contributed by atoms with Crippen molar-refractivity contribution in [2.75, 3.05) is 7.11 Å². The highest BCUT2D eigenvalue weighted by atomic mass is 35.5. The Morgan fingerprint density at radius 3 is 2.76 bits per heavy atom. The van der Waals surface area contributed by atoms with Gasteiger partial charge in [0.1, 0.15) is 28.9 Å². The molecular formula is C15H10ClNO4. The lowest BCUT2D eigenvalue weighted by Crippen LogP contribution is -1.96. The average molecular weight is 304 g/mol. The van der Waals surface area contributed by atoms with Gasteiger partial charge in [-0.2, -0.15) is 5.26 Å². The number of aliphatic carboxylic acids is 1. The number of rotatable bonds is 4. The molecule has 2 aromatic rings. The minimum absolute atomic E-state index is 0.274. The second kappa shape index (κ2) is 6.16. The van der Waals surface area contributed by atoms with E-state index in [-0.39, 0.29) is 5.76 Å². The van der Waals surface area contributed by atoms with Gasteiger partial charge in [-0.05, 0) is 30.3 Å². The maximum absolute atomic E-state index is 10.8. The van der Waals surface area contributed by atoms with Gasteiger partial charge in [-0.25, -0.2) is 4.79 Å². The van der Waals surface area contributed by atoms with Crippen molar-refractivity contribution in [3.63, 3.8) is 0 Å². The number of carbonyl (C=O) groups is 1. The van der Waals surface area contributed by atoms with Gasteiger partial charge in [0.15, 0.2) is 0 Å². The Bertz CT molecular complexity index is 755. The van der Waals surface area contributed by atoms with E-state index < -0.39 is 11.5 Å². The Morgan fingerprint density at radius 1 is 1.43 bits per heavy atom. The Morgan fingerprint density at radius 2 is 2.19 bits per heavy atom. The molecule has 21 heavy (non-hydrogen) atoms. The second-order valence-electron chi connectivity index (χ2n) is 4.03. The van der Waals surface area contributed by atoms with Crippen LogP contribution < -0.4 is 4.74 Å². The van der Waals surface area contributed by atoms with Crippen LogP contribution in [0.15, 0.2) is 40.3 Å². The number of nitriles is 1. The molecule has 5 nitrogen and oxygen atoms in total. The molecule has 0 unspecified atom stereocenters. The highest BCUT2D eigenvalue weighted by Crippen LogP contribution is 2.31. The van der Waals surface area contributed by atoms with Crippen molar-refractivity contribution in [2.24, 2.45) is 0 Å². The van der Waals surface area contributed by atoms with Crippen molar-refractivity contribution in [2.45, 2.75) is 0 Å². The van der Waals surface area contributed by atoms with Gasteiger partial charge < -0.3 is 14.3 Å². The van der Waals surface area contributed by atoms with E-state index in [9.17, 15) is 4.79 Å². The highest BCUT2D eigenvalue weighted by Gasteiger charge is 2.10. The summed E-state index contributed by atoms with van der Waals surface area (Å²) in [5, 5.41) is 17.9. The van der Waals surface area contributed by atoms with Crippen LogP contribution in [-0.2, 0) is 4.79 Å². The van der Waals surface area contributed by atoms with E-state index in [2.05, 4.69) is 0 Å². The van der Waals surface area contributed by atoms with Crippen molar-refractivity contribution in [3.05, 3.63) is 46.7 Å². The molecule has 0 atom stereocenters. The average Bonchev–Trinajstić information content (AvgIpc) is 2.93. The van der Waals surface area contributed by atoms with E-state index in [0.717, 1.165) is 6.08 Å². The molecule has 0 amide bonds. The van der Waals surface area contributed by atoms with Crippen molar-refractivity contribution in [3.8, 4) is 23.1 Å². The smallest absolute Gasteiger partial charge is 0.346 e. The first kappa shape index (κ1) is 14.7. The van der Waals surface area contributed by atoms with Gasteiger partial charge in [0.25, 0.3) is 0 Å². The van der Waals surface area contributed by atoms with Gasteiger partial charge in [0.2, 0.25) is 0 Å². The van der Waals surface area contributed by atoms with E-state index in [0.29, 0.717) is 22.1 Å². The summed E-state index contributed by atoms with van der Waals surface area (Å²) in [5.74, 6) is 0.0250. The standard InChI is InChI=1S/C15H10ClNO4/c1-20-14-4-2-9(7-12(14)16)13-5-3-11(21-13)6-10(8-17)15(18)19/h2-7H,1H3,(H,18,19)/b10-6+. The van der Waals surface area contributed by atoms with Gasteiger partial charge in [0.05, 0.1) is 12.1 Å². The van der Waals surface area contributed by atoms with Crippen LogP contribution in [0.5, 0.6) is 5.75 Å². The van der Waals surface area contributed by atoms with Gasteiger partial charge in [0, 0.05) is 11.6 Å². The number of benzene rings is 1. The number of carboxylic acid groups (broad SMARTS) is 1. The lowest BCUT2D eigenvalue weighted by atomic mass is 10.1. The number of ether oxygens (including phenoxy) is 1. The fourth-order valence-corrected chi connectivity index (χ4v) is 1.95. The topological polar surface area (TPSA) is 83.5 Å². The van der Waals surface area contributed by atoms with E-state index >= 15 is 0 Å². The number of carboxylic acids is 1. The van der Waals surface area contributed by atoms with Crippen molar-refractivity contribution in [1.29, 1.82) is 5.26 Å². The zero-order valence-corrected chi connectivity index (χ0v) is 11.7. The first-order valence-corrected chi connectivity index (χ1v) is 6.21. The molecule has 0 aliphatic carbocycles. The molecule has 6 heteroatoms. The van der Waals surface area contributed by atoms with Crippen LogP contribution in [0.4, 0.5) is 0 Å². The van der Waals surface area contributed by atoms with Gasteiger partial charge in [-0.3, -0.25) is 0 Å². The summed E-state index contributed by atoms with van der Waals surface area (Å²) in [6.07, 6.45) is 1.16. The van der Waals surface area contributed by atoms with Crippen LogP contribution in [0.2, 0.25) is 5.02 Å². The van der Waals surface area contributed by atoms with E-state index in [1.165, 1.54) is 7.11 Å². The van der Waals surface area contributed by atoms with Crippen LogP contribution >= 0.6 is 11.6 Å². The third-order valence-electron chi connectivity index (χ3n) is 2.70. The van der Waals surface area contributed by atoms with E-state index in [1.54, 1.807) is 36.4 Å². The number of halogens is 1. The summed E-state index contributed by atoms with van der Waals surface area (Å²) in [5.41, 5.74) is 0.318. The molecule has 0 bridgehead atoms. The molecule has 1 N–H and O–H groups in total. The number of hydrogen-bond donors (Lipinski definition) is 1. The monoisotopic (exact) mass is 303 g/mol. The fraction of sp³-hybridized carbons (Fsp3) is 0.0667. The van der Waals surface area contributed by atoms with Crippen molar-refractivity contribution in [1.82, 2.24) is 0 Å². The summed E-state index contributed by atoms with van der Waals surface area (Å²) in [6.45, 7) is 0. The zero-order chi connectivity index (χ0) is 15.4. The molecule has 1 aromatic carbocycles. The van der Waals surface area contributed by atoms with E-state index in [1.807, 2.05) is 0 Å². The molecule has 0 spiro atoms. The Kier molecular flexibility index (Phi) is 4.31. The Balaban J connectivity index is 2.34. The van der Waals surface area contributed by atoms with Crippen molar-refractivity contribution >= 4 is 23.6 Å². The fourth-order valence-electron chi connectivity index (χ4n) is 1.69. The second-order valence-corrected chi connectivity index (χ2v) is 4.43. The van der Waals surface area contributed by atoms with Gasteiger partial charge in [-0.1, -0.05) is 11.6 Å². The van der Waals surface area contributed by atoms with Crippen LogP contribution in [0.25, 0.3) is 17.4 Å².